The van der Waals surface area contributed by atoms with Gasteiger partial charge in [0, 0.05) is 5.39 Å². The number of aromatic nitrogens is 1. The molecule has 8 heteroatoms. The Labute approximate surface area is 175 Å². The topological polar surface area (TPSA) is 94.4 Å². The van der Waals surface area contributed by atoms with Gasteiger partial charge in [0.2, 0.25) is 5.88 Å². The molecule has 0 radical (unpaired) electrons. The van der Waals surface area contributed by atoms with E-state index < -0.39 is 17.4 Å². The van der Waals surface area contributed by atoms with Crippen molar-refractivity contribution < 1.29 is 14.3 Å². The highest BCUT2D eigenvalue weighted by Crippen LogP contribution is 2.44. The lowest BCUT2D eigenvalue weighted by atomic mass is 9.83. The van der Waals surface area contributed by atoms with E-state index in [1.807, 2.05) is 6.07 Å². The smallest absolute Gasteiger partial charge is 0.340 e. The number of nitrogens with one attached hydrogen (secondary N) is 1. The zero-order valence-electron chi connectivity index (χ0n) is 15.3. The number of aromatic amines is 1. The van der Waals surface area contributed by atoms with E-state index in [9.17, 15) is 9.59 Å². The van der Waals surface area contributed by atoms with E-state index in [1.165, 1.54) is 0 Å². The molecule has 3 aromatic rings. The number of hydrogen-bond acceptors (Lipinski definition) is 5. The first-order valence-corrected chi connectivity index (χ1v) is 9.62. The maximum atomic E-state index is 13.0. The lowest BCUT2D eigenvalue weighted by Crippen LogP contribution is -2.32. The van der Waals surface area contributed by atoms with Gasteiger partial charge in [0.1, 0.15) is 11.3 Å². The fourth-order valence-corrected chi connectivity index (χ4v) is 3.81. The van der Waals surface area contributed by atoms with Crippen LogP contribution in [0.5, 0.6) is 5.75 Å². The van der Waals surface area contributed by atoms with E-state index in [-0.39, 0.29) is 28.6 Å². The fraction of sp³-hybridized carbons (Fsp3) is 0.143. The number of carbonyl (C=O) groups excluding carboxylic acids is 1. The van der Waals surface area contributed by atoms with Crippen molar-refractivity contribution >= 4 is 40.1 Å². The quantitative estimate of drug-likeness (QED) is 0.610. The minimum atomic E-state index is -0.832. The zero-order chi connectivity index (χ0) is 20.7. The number of carbonyl (C=O) groups is 1. The summed E-state index contributed by atoms with van der Waals surface area (Å²) in [5, 5.41) is 1.30. The van der Waals surface area contributed by atoms with Gasteiger partial charge in [0.05, 0.1) is 33.7 Å². The highest BCUT2D eigenvalue weighted by molar-refractivity contribution is 6.42. The van der Waals surface area contributed by atoms with Gasteiger partial charge < -0.3 is 20.2 Å². The van der Waals surface area contributed by atoms with Crippen LogP contribution in [-0.4, -0.2) is 17.6 Å². The second kappa shape index (κ2) is 7.46. The third-order valence-electron chi connectivity index (χ3n) is 4.74. The van der Waals surface area contributed by atoms with E-state index in [1.54, 1.807) is 43.3 Å². The predicted octanol–water partition coefficient (Wildman–Crippen LogP) is 4.09. The van der Waals surface area contributed by atoms with Gasteiger partial charge in [-0.1, -0.05) is 41.4 Å². The third kappa shape index (κ3) is 3.24. The minimum Gasteiger partial charge on any atom is -0.462 e. The van der Waals surface area contributed by atoms with Crippen molar-refractivity contribution in [2.45, 2.75) is 12.8 Å². The molecular weight excluding hydrogens is 415 g/mol. The van der Waals surface area contributed by atoms with E-state index in [0.29, 0.717) is 27.2 Å². The number of H-pyrrole nitrogens is 1. The van der Waals surface area contributed by atoms with Gasteiger partial charge in [-0.25, -0.2) is 4.79 Å². The van der Waals surface area contributed by atoms with Crippen LogP contribution < -0.4 is 16.0 Å². The summed E-state index contributed by atoms with van der Waals surface area (Å²) in [6.07, 6.45) is 0. The summed E-state index contributed by atoms with van der Waals surface area (Å²) < 4.78 is 11.0. The SMILES string of the molecule is CCOC(=O)C1=C(N)Oc2c(c(=O)[nH]c3ccccc23)[C@H]1c1ccc(Cl)c(Cl)c1. The van der Waals surface area contributed by atoms with E-state index in [2.05, 4.69) is 4.98 Å². The average molecular weight is 431 g/mol. The predicted molar refractivity (Wildman–Crippen MR) is 111 cm³/mol. The van der Waals surface area contributed by atoms with Gasteiger partial charge in [-0.15, -0.1) is 0 Å². The Bertz CT molecular complexity index is 1230. The van der Waals surface area contributed by atoms with Crippen LogP contribution in [0.1, 0.15) is 24.0 Å². The molecule has 0 fully saturated rings. The molecule has 1 aliphatic rings. The third-order valence-corrected chi connectivity index (χ3v) is 5.48. The lowest BCUT2D eigenvalue weighted by Gasteiger charge is -2.28. The Morgan fingerprint density at radius 3 is 2.69 bits per heavy atom. The summed E-state index contributed by atoms with van der Waals surface area (Å²) in [6.45, 7) is 1.82. The second-order valence-corrected chi connectivity index (χ2v) is 7.26. The standard InChI is InChI=1S/C21H16Cl2N2O4/c1-2-28-21(27)17-15(10-7-8-12(22)13(23)9-10)16-18(29-19(17)24)11-5-3-4-6-14(11)25-20(16)26/h3-9,15H,2,24H2,1H3,(H,25,26)/t15-/m1/s1. The van der Waals surface area contributed by atoms with Gasteiger partial charge in [0.25, 0.3) is 5.56 Å². The molecule has 6 nitrogen and oxygen atoms in total. The first kappa shape index (κ1) is 19.4. The molecule has 0 bridgehead atoms. The monoisotopic (exact) mass is 430 g/mol. The maximum absolute atomic E-state index is 13.0. The number of para-hydroxylation sites is 1. The van der Waals surface area contributed by atoms with Crippen molar-refractivity contribution in [3.8, 4) is 5.75 Å². The molecule has 2 aromatic carbocycles. The number of fused-ring (bicyclic) bond motifs is 3. The summed E-state index contributed by atoms with van der Waals surface area (Å²) in [7, 11) is 0. The minimum absolute atomic E-state index is 0.0403. The van der Waals surface area contributed by atoms with Crippen molar-refractivity contribution in [1.82, 2.24) is 4.98 Å². The summed E-state index contributed by atoms with van der Waals surface area (Å²) in [4.78, 5) is 28.6. The van der Waals surface area contributed by atoms with Crippen LogP contribution >= 0.6 is 23.2 Å². The number of nitrogens with two attached hydrogens (primary N) is 1. The number of esters is 1. The van der Waals surface area contributed by atoms with E-state index in [4.69, 9.17) is 38.4 Å². The summed E-state index contributed by atoms with van der Waals surface area (Å²) in [5.74, 6) is -1.33. The van der Waals surface area contributed by atoms with Crippen LogP contribution in [0.15, 0.2) is 58.7 Å². The van der Waals surface area contributed by atoms with Gasteiger partial charge in [-0.3, -0.25) is 4.79 Å². The van der Waals surface area contributed by atoms with Crippen molar-refractivity contribution in [2.24, 2.45) is 5.73 Å². The Hall–Kier alpha value is -2.96. The van der Waals surface area contributed by atoms with Crippen molar-refractivity contribution in [1.29, 1.82) is 0 Å². The summed E-state index contributed by atoms with van der Waals surface area (Å²) in [5.41, 5.74) is 7.20. The van der Waals surface area contributed by atoms with E-state index in [0.717, 1.165) is 0 Å². The summed E-state index contributed by atoms with van der Waals surface area (Å²) in [6, 6.07) is 12.1. The van der Waals surface area contributed by atoms with Crippen molar-refractivity contribution in [3.63, 3.8) is 0 Å². The van der Waals surface area contributed by atoms with Crippen LogP contribution in [0.25, 0.3) is 10.9 Å². The number of hydrogen-bond donors (Lipinski definition) is 2. The molecule has 0 unspecified atom stereocenters. The molecule has 148 valence electrons. The van der Waals surface area contributed by atoms with Gasteiger partial charge >= 0.3 is 5.97 Å². The molecule has 1 aliphatic heterocycles. The molecule has 2 heterocycles. The number of benzene rings is 2. The molecule has 0 spiro atoms. The van der Waals surface area contributed by atoms with Crippen molar-refractivity contribution in [2.75, 3.05) is 6.61 Å². The number of ether oxygens (including phenoxy) is 2. The number of pyridine rings is 1. The van der Waals surface area contributed by atoms with Crippen LogP contribution in [0.2, 0.25) is 10.0 Å². The molecule has 0 aliphatic carbocycles. The number of rotatable bonds is 3. The molecule has 3 N–H and O–H groups in total. The molecule has 1 aromatic heterocycles. The van der Waals surface area contributed by atoms with Crippen LogP contribution in [0.3, 0.4) is 0 Å². The summed E-state index contributed by atoms with van der Waals surface area (Å²) >= 11 is 12.3. The van der Waals surface area contributed by atoms with Crippen LogP contribution in [0.4, 0.5) is 0 Å². The van der Waals surface area contributed by atoms with Gasteiger partial charge in [-0.2, -0.15) is 0 Å². The van der Waals surface area contributed by atoms with E-state index >= 15 is 0 Å². The zero-order valence-corrected chi connectivity index (χ0v) is 16.8. The normalized spacial score (nSPS) is 15.8. The molecule has 29 heavy (non-hydrogen) atoms. The van der Waals surface area contributed by atoms with Crippen LogP contribution in [0, 0.1) is 0 Å². The van der Waals surface area contributed by atoms with Gasteiger partial charge in [-0.05, 0) is 36.8 Å². The number of halogens is 2. The average Bonchev–Trinajstić information content (AvgIpc) is 2.69. The first-order chi connectivity index (χ1) is 13.9. The highest BCUT2D eigenvalue weighted by Gasteiger charge is 2.38. The maximum Gasteiger partial charge on any atom is 0.340 e. The highest BCUT2D eigenvalue weighted by atomic mass is 35.5. The fourth-order valence-electron chi connectivity index (χ4n) is 3.50. The Morgan fingerprint density at radius 2 is 1.97 bits per heavy atom. The first-order valence-electron chi connectivity index (χ1n) is 8.86. The Morgan fingerprint density at radius 1 is 1.21 bits per heavy atom. The Balaban J connectivity index is 2.05. The molecule has 0 amide bonds. The molecular formula is C21H16Cl2N2O4. The molecule has 1 atom stereocenters. The van der Waals surface area contributed by atoms with Crippen molar-refractivity contribution in [3.05, 3.63) is 85.4 Å². The lowest BCUT2D eigenvalue weighted by molar-refractivity contribution is -0.139. The van der Waals surface area contributed by atoms with Gasteiger partial charge in [0.15, 0.2) is 0 Å². The Kier molecular flexibility index (Phi) is 4.98. The van der Waals surface area contributed by atoms with Crippen LogP contribution in [-0.2, 0) is 9.53 Å². The largest absolute Gasteiger partial charge is 0.462 e. The molecule has 0 saturated carbocycles. The molecule has 0 saturated heterocycles. The second-order valence-electron chi connectivity index (χ2n) is 6.45. The molecule has 4 rings (SSSR count).